The van der Waals surface area contributed by atoms with E-state index in [1.807, 2.05) is 12.3 Å². The van der Waals surface area contributed by atoms with Gasteiger partial charge in [-0.2, -0.15) is 0 Å². The molecule has 1 aliphatic rings. The Morgan fingerprint density at radius 1 is 1.28 bits per heavy atom. The van der Waals surface area contributed by atoms with Crippen molar-refractivity contribution in [2.24, 2.45) is 11.7 Å². The van der Waals surface area contributed by atoms with Gasteiger partial charge in [0.2, 0.25) is 0 Å². The second-order valence-corrected chi connectivity index (χ2v) is 5.36. The standard InChI is InChI=1S/C15H24N2O/c1-18-14-9-13(10-17-11-14)15(16)8-12-6-4-2-3-5-7-12/h9-12,15H,2-8,16H2,1H3. The number of pyridine rings is 1. The third kappa shape index (κ3) is 3.70. The molecule has 0 aromatic carbocycles. The summed E-state index contributed by atoms with van der Waals surface area (Å²) in [4.78, 5) is 4.18. The van der Waals surface area contributed by atoms with Gasteiger partial charge in [-0.3, -0.25) is 4.98 Å². The van der Waals surface area contributed by atoms with E-state index in [1.165, 1.54) is 38.5 Å². The zero-order valence-corrected chi connectivity index (χ0v) is 11.3. The molecule has 3 heteroatoms. The molecule has 0 bridgehead atoms. The van der Waals surface area contributed by atoms with Crippen molar-refractivity contribution in [1.82, 2.24) is 4.98 Å². The molecule has 1 aromatic rings. The Hall–Kier alpha value is -1.09. The molecule has 100 valence electrons. The van der Waals surface area contributed by atoms with Crippen LogP contribution in [0.15, 0.2) is 18.5 Å². The lowest BCUT2D eigenvalue weighted by Crippen LogP contribution is -2.15. The fourth-order valence-electron chi connectivity index (χ4n) is 2.84. The fraction of sp³-hybridized carbons (Fsp3) is 0.667. The zero-order chi connectivity index (χ0) is 12.8. The molecule has 1 aromatic heterocycles. The van der Waals surface area contributed by atoms with E-state index in [9.17, 15) is 0 Å². The summed E-state index contributed by atoms with van der Waals surface area (Å²) < 4.78 is 5.20. The molecule has 1 unspecified atom stereocenters. The second-order valence-electron chi connectivity index (χ2n) is 5.36. The van der Waals surface area contributed by atoms with Crippen LogP contribution in [0.4, 0.5) is 0 Å². The Labute approximate surface area is 110 Å². The molecule has 2 rings (SSSR count). The lowest BCUT2D eigenvalue weighted by atomic mass is 9.90. The van der Waals surface area contributed by atoms with Crippen molar-refractivity contribution in [3.63, 3.8) is 0 Å². The maximum absolute atomic E-state index is 6.30. The summed E-state index contributed by atoms with van der Waals surface area (Å²) in [6.45, 7) is 0. The summed E-state index contributed by atoms with van der Waals surface area (Å²) in [5, 5.41) is 0. The summed E-state index contributed by atoms with van der Waals surface area (Å²) in [6, 6.07) is 2.10. The normalized spacial score (nSPS) is 19.2. The van der Waals surface area contributed by atoms with Crippen LogP contribution in [0.5, 0.6) is 5.75 Å². The monoisotopic (exact) mass is 248 g/mol. The summed E-state index contributed by atoms with van der Waals surface area (Å²) in [5.74, 6) is 1.58. The van der Waals surface area contributed by atoms with Gasteiger partial charge in [0.25, 0.3) is 0 Å². The minimum Gasteiger partial charge on any atom is -0.495 e. The first-order chi connectivity index (χ1) is 8.79. The SMILES string of the molecule is COc1cncc(C(N)CC2CCCCCC2)c1. The molecule has 0 aliphatic heterocycles. The van der Waals surface area contributed by atoms with E-state index in [1.54, 1.807) is 13.3 Å². The van der Waals surface area contributed by atoms with Gasteiger partial charge in [-0.15, -0.1) is 0 Å². The maximum atomic E-state index is 6.30. The number of nitrogens with two attached hydrogens (primary N) is 1. The average molecular weight is 248 g/mol. The van der Waals surface area contributed by atoms with Gasteiger partial charge in [-0.25, -0.2) is 0 Å². The van der Waals surface area contributed by atoms with Gasteiger partial charge in [0.05, 0.1) is 13.3 Å². The first-order valence-electron chi connectivity index (χ1n) is 7.04. The Morgan fingerprint density at radius 2 is 2.00 bits per heavy atom. The molecular formula is C15H24N2O. The molecule has 1 saturated carbocycles. The molecular weight excluding hydrogens is 224 g/mol. The summed E-state index contributed by atoms with van der Waals surface area (Å²) in [5.41, 5.74) is 7.40. The number of nitrogens with zero attached hydrogens (tertiary/aromatic N) is 1. The first-order valence-corrected chi connectivity index (χ1v) is 7.04. The van der Waals surface area contributed by atoms with Crippen LogP contribution in [-0.2, 0) is 0 Å². The summed E-state index contributed by atoms with van der Waals surface area (Å²) in [6.07, 6.45) is 12.9. The van der Waals surface area contributed by atoms with Crippen LogP contribution < -0.4 is 10.5 Å². The van der Waals surface area contributed by atoms with Crippen molar-refractivity contribution >= 4 is 0 Å². The van der Waals surface area contributed by atoms with E-state index in [0.29, 0.717) is 0 Å². The van der Waals surface area contributed by atoms with Crippen LogP contribution in [0.25, 0.3) is 0 Å². The molecule has 1 atom stereocenters. The minimum absolute atomic E-state index is 0.0932. The van der Waals surface area contributed by atoms with Crippen LogP contribution in [0.3, 0.4) is 0 Å². The van der Waals surface area contributed by atoms with Crippen molar-refractivity contribution in [2.45, 2.75) is 51.0 Å². The van der Waals surface area contributed by atoms with Gasteiger partial charge >= 0.3 is 0 Å². The van der Waals surface area contributed by atoms with Crippen molar-refractivity contribution in [2.75, 3.05) is 7.11 Å². The molecule has 0 saturated heterocycles. The highest BCUT2D eigenvalue weighted by atomic mass is 16.5. The Morgan fingerprint density at radius 3 is 2.67 bits per heavy atom. The molecule has 1 fully saturated rings. The van der Waals surface area contributed by atoms with E-state index in [0.717, 1.165) is 23.7 Å². The number of aromatic nitrogens is 1. The predicted octanol–water partition coefficient (Wildman–Crippen LogP) is 3.45. The molecule has 0 amide bonds. The van der Waals surface area contributed by atoms with Crippen molar-refractivity contribution in [1.29, 1.82) is 0 Å². The van der Waals surface area contributed by atoms with E-state index in [-0.39, 0.29) is 6.04 Å². The first kappa shape index (κ1) is 13.3. The van der Waals surface area contributed by atoms with Crippen LogP contribution in [-0.4, -0.2) is 12.1 Å². The quantitative estimate of drug-likeness (QED) is 0.830. The molecule has 1 heterocycles. The number of hydrogen-bond acceptors (Lipinski definition) is 3. The maximum Gasteiger partial charge on any atom is 0.137 e. The predicted molar refractivity (Wildman–Crippen MR) is 73.5 cm³/mol. The second kappa shape index (κ2) is 6.74. The van der Waals surface area contributed by atoms with Gasteiger partial charge in [0.15, 0.2) is 0 Å². The van der Waals surface area contributed by atoms with Crippen molar-refractivity contribution in [3.8, 4) is 5.75 Å². The number of hydrogen-bond donors (Lipinski definition) is 1. The van der Waals surface area contributed by atoms with Crippen molar-refractivity contribution in [3.05, 3.63) is 24.0 Å². The van der Waals surface area contributed by atoms with E-state index in [2.05, 4.69) is 4.98 Å². The number of rotatable bonds is 4. The third-order valence-electron chi connectivity index (χ3n) is 3.96. The molecule has 3 nitrogen and oxygen atoms in total. The van der Waals surface area contributed by atoms with Crippen LogP contribution in [0.2, 0.25) is 0 Å². The highest BCUT2D eigenvalue weighted by Gasteiger charge is 2.17. The van der Waals surface area contributed by atoms with Crippen molar-refractivity contribution < 1.29 is 4.74 Å². The van der Waals surface area contributed by atoms with E-state index in [4.69, 9.17) is 10.5 Å². The van der Waals surface area contributed by atoms with Gasteiger partial charge in [-0.05, 0) is 24.0 Å². The molecule has 0 radical (unpaired) electrons. The smallest absolute Gasteiger partial charge is 0.137 e. The van der Waals surface area contributed by atoms with Crippen LogP contribution in [0.1, 0.15) is 56.6 Å². The summed E-state index contributed by atoms with van der Waals surface area (Å²) in [7, 11) is 1.66. The lowest BCUT2D eigenvalue weighted by molar-refractivity contribution is 0.388. The topological polar surface area (TPSA) is 48.1 Å². The summed E-state index contributed by atoms with van der Waals surface area (Å²) >= 11 is 0. The third-order valence-corrected chi connectivity index (χ3v) is 3.96. The zero-order valence-electron chi connectivity index (χ0n) is 11.3. The van der Waals surface area contributed by atoms with Crippen LogP contribution in [0, 0.1) is 5.92 Å². The lowest BCUT2D eigenvalue weighted by Gasteiger charge is -2.19. The van der Waals surface area contributed by atoms with E-state index >= 15 is 0 Å². The molecule has 2 N–H and O–H groups in total. The average Bonchev–Trinajstić information content (AvgIpc) is 2.67. The van der Waals surface area contributed by atoms with Crippen LogP contribution >= 0.6 is 0 Å². The Bertz CT molecular complexity index is 359. The fourth-order valence-corrected chi connectivity index (χ4v) is 2.84. The van der Waals surface area contributed by atoms with E-state index < -0.39 is 0 Å². The number of methoxy groups -OCH3 is 1. The highest BCUT2D eigenvalue weighted by Crippen LogP contribution is 2.30. The highest BCUT2D eigenvalue weighted by molar-refractivity contribution is 5.25. The minimum atomic E-state index is 0.0932. The van der Waals surface area contributed by atoms with Gasteiger partial charge in [0.1, 0.15) is 5.75 Å². The van der Waals surface area contributed by atoms with Gasteiger partial charge in [-0.1, -0.05) is 38.5 Å². The molecule has 0 spiro atoms. The molecule has 1 aliphatic carbocycles. The number of ether oxygens (including phenoxy) is 1. The van der Waals surface area contributed by atoms with Gasteiger partial charge in [0, 0.05) is 12.2 Å². The van der Waals surface area contributed by atoms with Gasteiger partial charge < -0.3 is 10.5 Å². The largest absolute Gasteiger partial charge is 0.495 e. The molecule has 18 heavy (non-hydrogen) atoms. The Kier molecular flexibility index (Phi) is 5.00. The Balaban J connectivity index is 1.95.